The van der Waals surface area contributed by atoms with Gasteiger partial charge in [-0.3, -0.25) is 4.79 Å². The van der Waals surface area contributed by atoms with Gasteiger partial charge in [-0.05, 0) is 18.6 Å². The van der Waals surface area contributed by atoms with E-state index < -0.39 is 18.4 Å². The van der Waals surface area contributed by atoms with Gasteiger partial charge in [0.05, 0.1) is 7.11 Å². The summed E-state index contributed by atoms with van der Waals surface area (Å²) < 4.78 is 4.92. The second-order valence-electron chi connectivity index (χ2n) is 3.71. The van der Waals surface area contributed by atoms with Crippen LogP contribution in [0.5, 0.6) is 11.5 Å². The van der Waals surface area contributed by atoms with Gasteiger partial charge in [0, 0.05) is 17.2 Å². The van der Waals surface area contributed by atoms with Crippen molar-refractivity contribution in [3.05, 3.63) is 35.4 Å². The monoisotopic (exact) mass is 266 g/mol. The fourth-order valence-corrected chi connectivity index (χ4v) is 1.52. The topological polar surface area (TPSA) is 104 Å². The van der Waals surface area contributed by atoms with Crippen LogP contribution in [0.2, 0.25) is 0 Å². The van der Waals surface area contributed by atoms with Gasteiger partial charge in [0.15, 0.2) is 17.3 Å². The first kappa shape index (κ1) is 14.7. The molecule has 1 rings (SSSR count). The molecule has 0 atom stereocenters. The summed E-state index contributed by atoms with van der Waals surface area (Å²) in [6.07, 6.45) is 2.40. The molecule has 3 N–H and O–H groups in total. The van der Waals surface area contributed by atoms with Crippen molar-refractivity contribution in [1.82, 2.24) is 0 Å². The van der Waals surface area contributed by atoms with Gasteiger partial charge in [0.1, 0.15) is 6.61 Å². The molecule has 0 aliphatic heterocycles. The standard InChI is InChI=1S/C13H14O6/c1-19-11-6-9(10(15)7-14)5-8(13(11)18)3-2-4-12(16)17/h2,4-6,14,18H,3,7H2,1H3,(H,16,17). The van der Waals surface area contributed by atoms with E-state index in [1.165, 1.54) is 25.3 Å². The summed E-state index contributed by atoms with van der Waals surface area (Å²) in [5.74, 6) is -1.68. The Balaban J connectivity index is 3.14. The molecule has 1 aromatic carbocycles. The van der Waals surface area contributed by atoms with Crippen LogP contribution < -0.4 is 4.74 Å². The highest BCUT2D eigenvalue weighted by Crippen LogP contribution is 2.32. The van der Waals surface area contributed by atoms with E-state index in [9.17, 15) is 14.7 Å². The number of aliphatic hydroxyl groups is 1. The maximum absolute atomic E-state index is 11.4. The predicted molar refractivity (Wildman–Crippen MR) is 66.6 cm³/mol. The number of phenolic OH excluding ortho intramolecular Hbond substituents is 1. The Kier molecular flexibility index (Phi) is 5.08. The number of ketones is 1. The number of benzene rings is 1. The Morgan fingerprint density at radius 1 is 1.37 bits per heavy atom. The first-order valence-electron chi connectivity index (χ1n) is 5.43. The van der Waals surface area contributed by atoms with Crippen LogP contribution in [-0.2, 0) is 11.2 Å². The molecule has 6 nitrogen and oxygen atoms in total. The third-order valence-corrected chi connectivity index (χ3v) is 2.44. The van der Waals surface area contributed by atoms with E-state index in [4.69, 9.17) is 14.9 Å². The Labute approximate surface area is 109 Å². The van der Waals surface area contributed by atoms with Gasteiger partial charge in [-0.2, -0.15) is 0 Å². The van der Waals surface area contributed by atoms with Crippen LogP contribution in [0, 0.1) is 0 Å². The Bertz CT molecular complexity index is 518. The number of rotatable bonds is 6. The average molecular weight is 266 g/mol. The number of phenols is 1. The molecule has 0 aromatic heterocycles. The highest BCUT2D eigenvalue weighted by atomic mass is 16.5. The molecule has 0 amide bonds. The van der Waals surface area contributed by atoms with Crippen molar-refractivity contribution < 1.29 is 29.6 Å². The van der Waals surface area contributed by atoms with Crippen molar-refractivity contribution in [3.63, 3.8) is 0 Å². The molecule has 0 spiro atoms. The number of aromatic hydroxyl groups is 1. The lowest BCUT2D eigenvalue weighted by Crippen LogP contribution is -2.05. The van der Waals surface area contributed by atoms with E-state index in [-0.39, 0.29) is 23.5 Å². The van der Waals surface area contributed by atoms with Crippen molar-refractivity contribution >= 4 is 11.8 Å². The van der Waals surface area contributed by atoms with Crippen LogP contribution >= 0.6 is 0 Å². The molecule has 1 aromatic rings. The fourth-order valence-electron chi connectivity index (χ4n) is 1.52. The molecule has 19 heavy (non-hydrogen) atoms. The number of methoxy groups -OCH3 is 1. The molecule has 0 bridgehead atoms. The van der Waals surface area contributed by atoms with E-state index in [1.807, 2.05) is 0 Å². The van der Waals surface area contributed by atoms with Gasteiger partial charge >= 0.3 is 5.97 Å². The quantitative estimate of drug-likeness (QED) is 0.518. The molecule has 6 heteroatoms. The summed E-state index contributed by atoms with van der Waals surface area (Å²) in [6.45, 7) is -0.654. The predicted octanol–water partition coefficient (Wildman–Crippen LogP) is 0.759. The second-order valence-corrected chi connectivity index (χ2v) is 3.71. The number of ether oxygens (including phenoxy) is 1. The second kappa shape index (κ2) is 6.55. The van der Waals surface area contributed by atoms with E-state index in [2.05, 4.69) is 0 Å². The largest absolute Gasteiger partial charge is 0.504 e. The minimum atomic E-state index is -1.10. The highest BCUT2D eigenvalue weighted by Gasteiger charge is 2.13. The molecule has 0 saturated carbocycles. The molecule has 102 valence electrons. The van der Waals surface area contributed by atoms with E-state index in [0.29, 0.717) is 5.56 Å². The third kappa shape index (κ3) is 3.82. The zero-order valence-corrected chi connectivity index (χ0v) is 10.3. The SMILES string of the molecule is COc1cc(C(=O)CO)cc(CC=CC(=O)O)c1O. The molecule has 0 unspecified atom stereocenters. The maximum atomic E-state index is 11.4. The van der Waals surface area contributed by atoms with Crippen molar-refractivity contribution in [1.29, 1.82) is 0 Å². The fraction of sp³-hybridized carbons (Fsp3) is 0.231. The Morgan fingerprint density at radius 3 is 2.58 bits per heavy atom. The van der Waals surface area contributed by atoms with Crippen LogP contribution in [0.25, 0.3) is 0 Å². The number of aliphatic carboxylic acids is 1. The van der Waals surface area contributed by atoms with Gasteiger partial charge in [-0.25, -0.2) is 4.79 Å². The number of carboxylic acid groups (broad SMARTS) is 1. The Hall–Kier alpha value is -2.34. The lowest BCUT2D eigenvalue weighted by atomic mass is 10.0. The molecule has 0 aliphatic carbocycles. The molecule has 0 fully saturated rings. The molecule has 0 radical (unpaired) electrons. The lowest BCUT2D eigenvalue weighted by Gasteiger charge is -2.10. The van der Waals surface area contributed by atoms with Crippen LogP contribution in [-0.4, -0.2) is 40.8 Å². The van der Waals surface area contributed by atoms with Crippen LogP contribution in [0.15, 0.2) is 24.3 Å². The van der Waals surface area contributed by atoms with Crippen LogP contribution in [0.3, 0.4) is 0 Å². The summed E-state index contributed by atoms with van der Waals surface area (Å²) in [5.41, 5.74) is 0.532. The third-order valence-electron chi connectivity index (χ3n) is 2.44. The minimum absolute atomic E-state index is 0.0954. The van der Waals surface area contributed by atoms with Crippen LogP contribution in [0.1, 0.15) is 15.9 Å². The molecular weight excluding hydrogens is 252 g/mol. The van der Waals surface area contributed by atoms with Gasteiger partial charge in [0.2, 0.25) is 0 Å². The number of aliphatic hydroxyl groups excluding tert-OH is 1. The maximum Gasteiger partial charge on any atom is 0.327 e. The highest BCUT2D eigenvalue weighted by molar-refractivity contribution is 5.97. The first-order chi connectivity index (χ1) is 8.99. The zero-order valence-electron chi connectivity index (χ0n) is 10.3. The van der Waals surface area contributed by atoms with Gasteiger partial charge < -0.3 is 20.1 Å². The van der Waals surface area contributed by atoms with E-state index in [0.717, 1.165) is 6.08 Å². The molecule has 0 heterocycles. The summed E-state index contributed by atoms with van der Waals surface area (Å²) in [5, 5.41) is 27.2. The summed E-state index contributed by atoms with van der Waals surface area (Å²) in [6, 6.07) is 2.71. The van der Waals surface area contributed by atoms with Crippen LogP contribution in [0.4, 0.5) is 0 Å². The number of carbonyl (C=O) groups is 2. The Morgan fingerprint density at radius 2 is 2.05 bits per heavy atom. The number of hydrogen-bond acceptors (Lipinski definition) is 5. The number of Topliss-reactive ketones (excluding diaryl/α,β-unsaturated/α-hetero) is 1. The van der Waals surface area contributed by atoms with Crippen molar-refractivity contribution in [2.75, 3.05) is 13.7 Å². The molecule has 0 saturated heterocycles. The number of carboxylic acids is 1. The van der Waals surface area contributed by atoms with E-state index in [1.54, 1.807) is 0 Å². The van der Waals surface area contributed by atoms with Crippen molar-refractivity contribution in [2.24, 2.45) is 0 Å². The minimum Gasteiger partial charge on any atom is -0.504 e. The first-order valence-corrected chi connectivity index (χ1v) is 5.43. The van der Waals surface area contributed by atoms with Crippen molar-refractivity contribution in [2.45, 2.75) is 6.42 Å². The average Bonchev–Trinajstić information content (AvgIpc) is 2.39. The normalized spacial score (nSPS) is 10.6. The smallest absolute Gasteiger partial charge is 0.327 e. The lowest BCUT2D eigenvalue weighted by molar-refractivity contribution is -0.131. The zero-order chi connectivity index (χ0) is 14.4. The van der Waals surface area contributed by atoms with Gasteiger partial charge in [-0.15, -0.1) is 0 Å². The molecular formula is C13H14O6. The summed E-state index contributed by atoms with van der Waals surface area (Å²) in [4.78, 5) is 21.8. The number of allylic oxidation sites excluding steroid dienone is 1. The summed E-state index contributed by atoms with van der Waals surface area (Å²) >= 11 is 0. The number of hydrogen-bond donors (Lipinski definition) is 3. The van der Waals surface area contributed by atoms with E-state index >= 15 is 0 Å². The van der Waals surface area contributed by atoms with Crippen molar-refractivity contribution in [3.8, 4) is 11.5 Å². The van der Waals surface area contributed by atoms with Gasteiger partial charge in [0.25, 0.3) is 0 Å². The molecule has 0 aliphatic rings. The number of carbonyl (C=O) groups excluding carboxylic acids is 1. The summed E-state index contributed by atoms with van der Waals surface area (Å²) in [7, 11) is 1.33. The van der Waals surface area contributed by atoms with Gasteiger partial charge in [-0.1, -0.05) is 6.08 Å².